The standard InChI is InChI=1S/C15H20N6OS/c1-11-9-12(5-6-13(11)21-7-3-4-8-21)16-14(22)10-23-15-17-18-19-20(15)2/h5-6,9H,3-4,7-8,10H2,1-2H3,(H,16,22). The van der Waals surface area contributed by atoms with Crippen LogP contribution in [0.3, 0.4) is 0 Å². The van der Waals surface area contributed by atoms with Gasteiger partial charge in [-0.1, -0.05) is 11.8 Å². The molecule has 1 aromatic heterocycles. The van der Waals surface area contributed by atoms with Gasteiger partial charge in [-0.05, 0) is 54.0 Å². The highest BCUT2D eigenvalue weighted by atomic mass is 32.2. The van der Waals surface area contributed by atoms with Crippen molar-refractivity contribution in [2.75, 3.05) is 29.1 Å². The first-order valence-corrected chi connectivity index (χ1v) is 8.62. The van der Waals surface area contributed by atoms with Crippen molar-refractivity contribution >= 4 is 29.0 Å². The van der Waals surface area contributed by atoms with Crippen LogP contribution in [0, 0.1) is 6.92 Å². The lowest BCUT2D eigenvalue weighted by atomic mass is 10.1. The summed E-state index contributed by atoms with van der Waals surface area (Å²) in [5, 5.41) is 14.7. The van der Waals surface area contributed by atoms with Crippen molar-refractivity contribution in [3.8, 4) is 0 Å². The largest absolute Gasteiger partial charge is 0.371 e. The van der Waals surface area contributed by atoms with Gasteiger partial charge in [-0.15, -0.1) is 5.10 Å². The molecule has 2 heterocycles. The molecule has 1 fully saturated rings. The second-order valence-electron chi connectivity index (χ2n) is 5.62. The maximum Gasteiger partial charge on any atom is 0.234 e. The lowest BCUT2D eigenvalue weighted by Crippen LogP contribution is -2.19. The normalized spacial score (nSPS) is 14.3. The van der Waals surface area contributed by atoms with Gasteiger partial charge < -0.3 is 10.2 Å². The van der Waals surface area contributed by atoms with Crippen molar-refractivity contribution < 1.29 is 4.79 Å². The van der Waals surface area contributed by atoms with E-state index in [2.05, 4.69) is 38.7 Å². The van der Waals surface area contributed by atoms with Crippen LogP contribution in [0.25, 0.3) is 0 Å². The summed E-state index contributed by atoms with van der Waals surface area (Å²) < 4.78 is 1.55. The number of anilines is 2. The van der Waals surface area contributed by atoms with Crippen LogP contribution in [0.2, 0.25) is 0 Å². The third-order valence-corrected chi connectivity index (χ3v) is 4.85. The average molecular weight is 332 g/mol. The monoisotopic (exact) mass is 332 g/mol. The van der Waals surface area contributed by atoms with Gasteiger partial charge in [0.1, 0.15) is 0 Å². The molecule has 0 unspecified atom stereocenters. The van der Waals surface area contributed by atoms with E-state index in [9.17, 15) is 4.79 Å². The molecule has 8 heteroatoms. The van der Waals surface area contributed by atoms with Gasteiger partial charge in [0.15, 0.2) is 0 Å². The van der Waals surface area contributed by atoms with Gasteiger partial charge in [0.2, 0.25) is 11.1 Å². The number of aromatic nitrogens is 4. The number of nitrogens with one attached hydrogen (secondary N) is 1. The van der Waals surface area contributed by atoms with Gasteiger partial charge in [-0.25, -0.2) is 4.68 Å². The predicted molar refractivity (Wildman–Crippen MR) is 90.8 cm³/mol. The maximum absolute atomic E-state index is 12.1. The highest BCUT2D eigenvalue weighted by molar-refractivity contribution is 7.99. The lowest BCUT2D eigenvalue weighted by molar-refractivity contribution is -0.113. The van der Waals surface area contributed by atoms with Crippen molar-refractivity contribution in [2.45, 2.75) is 24.9 Å². The predicted octanol–water partition coefficient (Wildman–Crippen LogP) is 1.85. The molecule has 0 saturated carbocycles. The molecule has 0 radical (unpaired) electrons. The molecule has 3 rings (SSSR count). The molecule has 1 saturated heterocycles. The van der Waals surface area contributed by atoms with Crippen molar-refractivity contribution in [3.63, 3.8) is 0 Å². The topological polar surface area (TPSA) is 75.9 Å². The fraction of sp³-hybridized carbons (Fsp3) is 0.467. The SMILES string of the molecule is Cc1cc(NC(=O)CSc2nnnn2C)ccc1N1CCCC1. The number of carbonyl (C=O) groups excluding carboxylic acids is 1. The molecule has 1 amide bonds. The summed E-state index contributed by atoms with van der Waals surface area (Å²) >= 11 is 1.32. The Bertz CT molecular complexity index is 695. The maximum atomic E-state index is 12.1. The molecule has 122 valence electrons. The van der Waals surface area contributed by atoms with Crippen LogP contribution in [0.5, 0.6) is 0 Å². The number of hydrogen-bond acceptors (Lipinski definition) is 6. The number of tetrazole rings is 1. The summed E-state index contributed by atoms with van der Waals surface area (Å²) in [6, 6.07) is 6.09. The number of thioether (sulfide) groups is 1. The highest BCUT2D eigenvalue weighted by Gasteiger charge is 2.15. The molecule has 1 aliphatic rings. The number of rotatable bonds is 5. The number of benzene rings is 1. The Hall–Kier alpha value is -2.09. The Labute approximate surface area is 139 Å². The van der Waals surface area contributed by atoms with Crippen molar-refractivity contribution in [3.05, 3.63) is 23.8 Å². The van der Waals surface area contributed by atoms with Gasteiger partial charge in [-0.3, -0.25) is 4.79 Å². The second kappa shape index (κ2) is 6.99. The number of hydrogen-bond donors (Lipinski definition) is 1. The van der Waals surface area contributed by atoms with E-state index >= 15 is 0 Å². The van der Waals surface area contributed by atoms with Crippen molar-refractivity contribution in [2.24, 2.45) is 7.05 Å². The van der Waals surface area contributed by atoms with Gasteiger partial charge in [0.05, 0.1) is 5.75 Å². The van der Waals surface area contributed by atoms with Crippen LogP contribution in [-0.4, -0.2) is 45.0 Å². The molecular weight excluding hydrogens is 312 g/mol. The zero-order chi connectivity index (χ0) is 16.2. The first-order valence-electron chi connectivity index (χ1n) is 7.64. The molecule has 0 bridgehead atoms. The van der Waals surface area contributed by atoms with E-state index in [1.165, 1.54) is 35.9 Å². The fourth-order valence-corrected chi connectivity index (χ4v) is 3.37. The van der Waals surface area contributed by atoms with E-state index in [1.54, 1.807) is 11.7 Å². The summed E-state index contributed by atoms with van der Waals surface area (Å²) in [6.45, 7) is 4.33. The minimum atomic E-state index is -0.0636. The Morgan fingerprint density at radius 2 is 2.13 bits per heavy atom. The van der Waals surface area contributed by atoms with Crippen LogP contribution in [0.4, 0.5) is 11.4 Å². The molecule has 1 aromatic carbocycles. The molecule has 2 aromatic rings. The highest BCUT2D eigenvalue weighted by Crippen LogP contribution is 2.26. The number of amides is 1. The summed E-state index contributed by atoms with van der Waals surface area (Å²) in [4.78, 5) is 14.5. The van der Waals surface area contributed by atoms with Crippen LogP contribution in [0.1, 0.15) is 18.4 Å². The van der Waals surface area contributed by atoms with Crippen LogP contribution >= 0.6 is 11.8 Å². The third-order valence-electron chi connectivity index (χ3n) is 3.84. The Morgan fingerprint density at radius 3 is 2.78 bits per heavy atom. The summed E-state index contributed by atoms with van der Waals surface area (Å²) in [5.41, 5.74) is 3.28. The van der Waals surface area contributed by atoms with Crippen molar-refractivity contribution in [1.29, 1.82) is 0 Å². The van der Waals surface area contributed by atoms with E-state index in [0.29, 0.717) is 5.16 Å². The minimum Gasteiger partial charge on any atom is -0.371 e. The van der Waals surface area contributed by atoms with Gasteiger partial charge in [0.25, 0.3) is 0 Å². The molecule has 0 atom stereocenters. The third kappa shape index (κ3) is 3.82. The zero-order valence-corrected chi connectivity index (χ0v) is 14.1. The number of aryl methyl sites for hydroxylation is 2. The molecule has 7 nitrogen and oxygen atoms in total. The van der Waals surface area contributed by atoms with E-state index in [0.717, 1.165) is 18.8 Å². The summed E-state index contributed by atoms with van der Waals surface area (Å²) in [6.07, 6.45) is 2.51. The van der Waals surface area contributed by atoms with Gasteiger partial charge >= 0.3 is 0 Å². The molecule has 0 spiro atoms. The quantitative estimate of drug-likeness (QED) is 0.842. The second-order valence-corrected chi connectivity index (χ2v) is 6.56. The van der Waals surface area contributed by atoms with Crippen LogP contribution in [-0.2, 0) is 11.8 Å². The average Bonchev–Trinajstić information content (AvgIpc) is 3.17. The van der Waals surface area contributed by atoms with Gasteiger partial charge in [0, 0.05) is 31.5 Å². The Kier molecular flexibility index (Phi) is 4.80. The first kappa shape index (κ1) is 15.8. The number of carbonyl (C=O) groups is 1. The Balaban J connectivity index is 1.58. The van der Waals surface area contributed by atoms with E-state index < -0.39 is 0 Å². The molecular formula is C15H20N6OS. The fourth-order valence-electron chi connectivity index (χ4n) is 2.72. The molecule has 1 N–H and O–H groups in total. The zero-order valence-electron chi connectivity index (χ0n) is 13.3. The van der Waals surface area contributed by atoms with E-state index in [1.807, 2.05) is 12.1 Å². The molecule has 0 aliphatic carbocycles. The molecule has 1 aliphatic heterocycles. The van der Waals surface area contributed by atoms with Crippen molar-refractivity contribution in [1.82, 2.24) is 20.2 Å². The first-order chi connectivity index (χ1) is 11.1. The number of nitrogens with zero attached hydrogens (tertiary/aromatic N) is 5. The van der Waals surface area contributed by atoms with E-state index in [4.69, 9.17) is 0 Å². The molecule has 23 heavy (non-hydrogen) atoms. The smallest absolute Gasteiger partial charge is 0.234 e. The summed E-state index contributed by atoms with van der Waals surface area (Å²) in [7, 11) is 1.75. The Morgan fingerprint density at radius 1 is 1.35 bits per heavy atom. The van der Waals surface area contributed by atoms with E-state index in [-0.39, 0.29) is 11.7 Å². The minimum absolute atomic E-state index is 0.0636. The lowest BCUT2D eigenvalue weighted by Gasteiger charge is -2.20. The van der Waals surface area contributed by atoms with Crippen LogP contribution in [0.15, 0.2) is 23.4 Å². The summed E-state index contributed by atoms with van der Waals surface area (Å²) in [5.74, 6) is 0.215. The van der Waals surface area contributed by atoms with Crippen LogP contribution < -0.4 is 10.2 Å². The van der Waals surface area contributed by atoms with Gasteiger partial charge in [-0.2, -0.15) is 0 Å².